The van der Waals surface area contributed by atoms with Crippen LogP contribution < -0.4 is 4.84 Å². The van der Waals surface area contributed by atoms with Gasteiger partial charge in [-0.3, -0.25) is 0 Å². The summed E-state index contributed by atoms with van der Waals surface area (Å²) in [6.07, 6.45) is 1.87. The van der Waals surface area contributed by atoms with Crippen molar-refractivity contribution in [3.63, 3.8) is 0 Å². The van der Waals surface area contributed by atoms with Crippen LogP contribution in [-0.4, -0.2) is 41.6 Å². The molecule has 9 heteroatoms. The molecule has 1 spiro atoms. The van der Waals surface area contributed by atoms with Gasteiger partial charge >= 0.3 is 17.8 Å². The summed E-state index contributed by atoms with van der Waals surface area (Å²) < 4.78 is 38.0. The van der Waals surface area contributed by atoms with Gasteiger partial charge in [-0.1, -0.05) is 47.6 Å². The van der Waals surface area contributed by atoms with Gasteiger partial charge in [0.25, 0.3) is 0 Å². The lowest BCUT2D eigenvalue weighted by Gasteiger charge is -2.40. The van der Waals surface area contributed by atoms with Gasteiger partial charge in [-0.05, 0) is 60.4 Å². The Bertz CT molecular complexity index is 1250. The van der Waals surface area contributed by atoms with Crippen molar-refractivity contribution in [2.75, 3.05) is 13.1 Å². The molecule has 38 heavy (non-hydrogen) atoms. The molecule has 0 aromatic heterocycles. The zero-order valence-corrected chi connectivity index (χ0v) is 20.5. The molecular formula is C29H26F2N2O5. The van der Waals surface area contributed by atoms with Crippen LogP contribution >= 0.6 is 0 Å². The third kappa shape index (κ3) is 5.73. The number of likely N-dealkylation sites (tertiary alicyclic amines) is 1. The first kappa shape index (κ1) is 25.5. The zero-order chi connectivity index (χ0) is 26.5. The smallest absolute Gasteiger partial charge is 0.399 e. The normalized spacial score (nSPS) is 18.1. The standard InChI is InChI=1S/C29H26F2N2O5/c30-22-12-8-20(9-13-22)26(21-10-14-23(31)15-11-21)7-4-17-33-18-16-24(32-38-25-5-2-1-3-6-25)19-29(33)36-27(34)28(35)37-29/h1-3,5-6,8-15,26H,4,7,16-19H2/b32-24+. The zero-order valence-electron chi connectivity index (χ0n) is 20.5. The molecule has 0 unspecified atom stereocenters. The molecule has 3 aromatic carbocycles. The van der Waals surface area contributed by atoms with Gasteiger partial charge in [-0.2, -0.15) is 0 Å². The number of carbonyl (C=O) groups is 2. The third-order valence-electron chi connectivity index (χ3n) is 6.74. The Kier molecular flexibility index (Phi) is 7.46. The molecule has 0 amide bonds. The molecule has 2 heterocycles. The van der Waals surface area contributed by atoms with E-state index < -0.39 is 17.8 Å². The summed E-state index contributed by atoms with van der Waals surface area (Å²) in [5, 5.41) is 4.21. The van der Waals surface area contributed by atoms with Crippen molar-refractivity contribution < 1.29 is 32.7 Å². The predicted octanol–water partition coefficient (Wildman–Crippen LogP) is 5.16. The van der Waals surface area contributed by atoms with E-state index in [1.807, 2.05) is 23.1 Å². The number of esters is 2. The van der Waals surface area contributed by atoms with E-state index >= 15 is 0 Å². The highest BCUT2D eigenvalue weighted by Crippen LogP contribution is 2.36. The monoisotopic (exact) mass is 520 g/mol. The van der Waals surface area contributed by atoms with Crippen LogP contribution in [0.3, 0.4) is 0 Å². The lowest BCUT2D eigenvalue weighted by molar-refractivity contribution is -0.250. The summed E-state index contributed by atoms with van der Waals surface area (Å²) in [5.41, 5.74) is 2.40. The van der Waals surface area contributed by atoms with E-state index in [1.165, 1.54) is 24.3 Å². The summed E-state index contributed by atoms with van der Waals surface area (Å²) in [6, 6.07) is 21.6. The van der Waals surface area contributed by atoms with Crippen molar-refractivity contribution in [3.05, 3.63) is 102 Å². The molecule has 2 aliphatic heterocycles. The third-order valence-corrected chi connectivity index (χ3v) is 6.74. The fourth-order valence-corrected chi connectivity index (χ4v) is 4.85. The molecule has 196 valence electrons. The van der Waals surface area contributed by atoms with Crippen LogP contribution in [0, 0.1) is 11.6 Å². The second kappa shape index (κ2) is 11.1. The molecule has 2 aliphatic rings. The maximum absolute atomic E-state index is 13.6. The van der Waals surface area contributed by atoms with E-state index in [2.05, 4.69) is 5.16 Å². The van der Waals surface area contributed by atoms with Gasteiger partial charge in [0.15, 0.2) is 5.75 Å². The number of rotatable bonds is 8. The lowest BCUT2D eigenvalue weighted by Crippen LogP contribution is -2.55. The quantitative estimate of drug-likeness (QED) is 0.232. The first-order valence-corrected chi connectivity index (χ1v) is 12.4. The van der Waals surface area contributed by atoms with E-state index in [9.17, 15) is 18.4 Å². The van der Waals surface area contributed by atoms with Crippen LogP contribution in [0.15, 0.2) is 84.0 Å². The molecule has 2 fully saturated rings. The molecule has 7 nitrogen and oxygen atoms in total. The van der Waals surface area contributed by atoms with Crippen LogP contribution in [0.25, 0.3) is 0 Å². The van der Waals surface area contributed by atoms with Gasteiger partial charge in [0.05, 0.1) is 12.1 Å². The Labute approximate surface area is 218 Å². The number of hydrogen-bond acceptors (Lipinski definition) is 7. The number of benzene rings is 3. The summed E-state index contributed by atoms with van der Waals surface area (Å²) >= 11 is 0. The van der Waals surface area contributed by atoms with Crippen molar-refractivity contribution in [1.82, 2.24) is 4.90 Å². The number of halogens is 2. The molecular weight excluding hydrogens is 494 g/mol. The molecule has 0 bridgehead atoms. The SMILES string of the molecule is O=C1OC2(C/C(=N/Oc3ccccc3)CCN2CCCC(c2ccc(F)cc2)c2ccc(F)cc2)OC1=O. The fourth-order valence-electron chi connectivity index (χ4n) is 4.85. The first-order valence-electron chi connectivity index (χ1n) is 12.4. The van der Waals surface area contributed by atoms with Gasteiger partial charge in [0, 0.05) is 25.4 Å². The molecule has 0 N–H and O–H groups in total. The predicted molar refractivity (Wildman–Crippen MR) is 134 cm³/mol. The van der Waals surface area contributed by atoms with Gasteiger partial charge in [-0.25, -0.2) is 23.3 Å². The minimum atomic E-state index is -1.58. The molecule has 3 aromatic rings. The summed E-state index contributed by atoms with van der Waals surface area (Å²) in [4.78, 5) is 31.4. The Hall–Kier alpha value is -4.11. The van der Waals surface area contributed by atoms with Crippen molar-refractivity contribution >= 4 is 17.7 Å². The highest BCUT2D eigenvalue weighted by atomic mass is 19.1. The van der Waals surface area contributed by atoms with Gasteiger partial charge in [-0.15, -0.1) is 0 Å². The number of carbonyl (C=O) groups excluding carboxylic acids is 2. The van der Waals surface area contributed by atoms with E-state index in [0.29, 0.717) is 43.8 Å². The number of para-hydroxylation sites is 1. The summed E-state index contributed by atoms with van der Waals surface area (Å²) in [7, 11) is 0. The van der Waals surface area contributed by atoms with Crippen LogP contribution in [0.5, 0.6) is 5.75 Å². The van der Waals surface area contributed by atoms with Crippen molar-refractivity contribution in [1.29, 1.82) is 0 Å². The van der Waals surface area contributed by atoms with Crippen LogP contribution in [-0.2, 0) is 19.1 Å². The Morgan fingerprint density at radius 3 is 2.03 bits per heavy atom. The van der Waals surface area contributed by atoms with Crippen LogP contribution in [0.2, 0.25) is 0 Å². The molecule has 5 rings (SSSR count). The topological polar surface area (TPSA) is 77.4 Å². The van der Waals surface area contributed by atoms with E-state index in [-0.39, 0.29) is 24.0 Å². The molecule has 0 aliphatic carbocycles. The highest BCUT2D eigenvalue weighted by Gasteiger charge is 2.55. The lowest BCUT2D eigenvalue weighted by atomic mass is 9.87. The van der Waals surface area contributed by atoms with Crippen LogP contribution in [0.1, 0.15) is 42.7 Å². The summed E-state index contributed by atoms with van der Waals surface area (Å²) in [6.45, 7) is 0.877. The van der Waals surface area contributed by atoms with Gasteiger partial charge in [0.1, 0.15) is 11.6 Å². The Morgan fingerprint density at radius 1 is 0.868 bits per heavy atom. The fraction of sp³-hybridized carbons (Fsp3) is 0.276. The Morgan fingerprint density at radius 2 is 1.45 bits per heavy atom. The Balaban J connectivity index is 1.30. The molecule has 2 saturated heterocycles. The first-order chi connectivity index (χ1) is 18.4. The average Bonchev–Trinajstić information content (AvgIpc) is 3.21. The van der Waals surface area contributed by atoms with E-state index in [0.717, 1.165) is 11.1 Å². The number of oxime groups is 1. The highest BCUT2D eigenvalue weighted by molar-refractivity contribution is 6.31. The molecule has 0 saturated carbocycles. The number of piperidine rings is 1. The van der Waals surface area contributed by atoms with E-state index in [1.54, 1.807) is 36.4 Å². The minimum absolute atomic E-state index is 0.0661. The maximum atomic E-state index is 13.6. The maximum Gasteiger partial charge on any atom is 0.421 e. The largest absolute Gasteiger partial charge is 0.421 e. The van der Waals surface area contributed by atoms with Crippen LogP contribution in [0.4, 0.5) is 8.78 Å². The summed E-state index contributed by atoms with van der Waals surface area (Å²) in [5.74, 6) is -3.88. The second-order valence-electron chi connectivity index (χ2n) is 9.27. The van der Waals surface area contributed by atoms with Crippen molar-refractivity contribution in [3.8, 4) is 5.75 Å². The van der Waals surface area contributed by atoms with E-state index in [4.69, 9.17) is 14.3 Å². The second-order valence-corrected chi connectivity index (χ2v) is 9.27. The number of hydrogen-bond donors (Lipinski definition) is 0. The molecule has 0 radical (unpaired) electrons. The average molecular weight is 521 g/mol. The van der Waals surface area contributed by atoms with Gasteiger partial charge < -0.3 is 14.3 Å². The minimum Gasteiger partial charge on any atom is -0.399 e. The number of nitrogens with zero attached hydrogens (tertiary/aromatic N) is 2. The molecule has 0 atom stereocenters. The van der Waals surface area contributed by atoms with Crippen molar-refractivity contribution in [2.45, 2.75) is 37.5 Å². The number of ether oxygens (including phenoxy) is 2. The van der Waals surface area contributed by atoms with Gasteiger partial charge in [0.2, 0.25) is 0 Å². The van der Waals surface area contributed by atoms with Crippen molar-refractivity contribution in [2.24, 2.45) is 5.16 Å².